The highest BCUT2D eigenvalue weighted by Gasteiger charge is 2.10. The van der Waals surface area contributed by atoms with Gasteiger partial charge in [-0.2, -0.15) is 0 Å². The molecule has 0 spiro atoms. The quantitative estimate of drug-likeness (QED) is 0.791. The van der Waals surface area contributed by atoms with Gasteiger partial charge in [0.1, 0.15) is 5.82 Å². The lowest BCUT2D eigenvalue weighted by atomic mass is 10.1. The van der Waals surface area contributed by atoms with Gasteiger partial charge in [0.15, 0.2) is 0 Å². The maximum absolute atomic E-state index is 13.1. The Morgan fingerprint density at radius 2 is 2.25 bits per heavy atom. The van der Waals surface area contributed by atoms with Gasteiger partial charge in [-0.05, 0) is 30.7 Å². The summed E-state index contributed by atoms with van der Waals surface area (Å²) in [6.45, 7) is 2.65. The zero-order valence-electron chi connectivity index (χ0n) is 9.06. The number of benzene rings is 1. The van der Waals surface area contributed by atoms with Gasteiger partial charge < -0.3 is 5.73 Å². The smallest absolute Gasteiger partial charge is 0.125 e. The highest BCUT2D eigenvalue weighted by molar-refractivity contribution is 6.30. The van der Waals surface area contributed by atoms with E-state index in [1.807, 2.05) is 0 Å². The highest BCUT2D eigenvalue weighted by atomic mass is 35.5. The molecule has 16 heavy (non-hydrogen) atoms. The number of rotatable bonds is 4. The van der Waals surface area contributed by atoms with Crippen molar-refractivity contribution in [3.63, 3.8) is 0 Å². The average molecular weight is 241 g/mol. The minimum atomic E-state index is -0.357. The molecule has 0 heterocycles. The molecule has 0 radical (unpaired) electrons. The van der Waals surface area contributed by atoms with Crippen molar-refractivity contribution >= 4 is 11.6 Å². The second kappa shape index (κ2) is 6.49. The molecule has 0 bridgehead atoms. The third-order valence-corrected chi connectivity index (χ3v) is 2.35. The Bertz CT molecular complexity index is 389. The summed E-state index contributed by atoms with van der Waals surface area (Å²) in [6.07, 6.45) is 0. The van der Waals surface area contributed by atoms with Crippen LogP contribution < -0.4 is 11.1 Å². The lowest BCUT2D eigenvalue weighted by Gasteiger charge is -2.16. The Balaban J connectivity index is 2.80. The van der Waals surface area contributed by atoms with Gasteiger partial charge in [0.05, 0.1) is 6.54 Å². The van der Waals surface area contributed by atoms with Crippen LogP contribution in [0.3, 0.4) is 0 Å². The summed E-state index contributed by atoms with van der Waals surface area (Å²) < 4.78 is 13.1. The van der Waals surface area contributed by atoms with Gasteiger partial charge in [-0.15, -0.1) is 5.92 Å². The molecule has 0 saturated heterocycles. The molecule has 86 valence electrons. The fourth-order valence-electron chi connectivity index (χ4n) is 1.38. The predicted octanol–water partition coefficient (Wildman–Crippen LogP) is 2.09. The molecule has 1 unspecified atom stereocenters. The Labute approximate surface area is 100.0 Å². The first-order valence-corrected chi connectivity index (χ1v) is 5.34. The molecule has 1 rings (SSSR count). The second-order valence-electron chi connectivity index (χ2n) is 3.30. The summed E-state index contributed by atoms with van der Waals surface area (Å²) in [5.41, 5.74) is 6.35. The summed E-state index contributed by atoms with van der Waals surface area (Å²) in [4.78, 5) is 0. The standard InChI is InChI=1S/C12H14ClFN2/c1-2-3-4-16-12(8-15)9-5-10(13)7-11(14)6-9/h5-7,12,16H,4,8,15H2,1H3. The Hall–Kier alpha value is -1.08. The minimum absolute atomic E-state index is 0.131. The summed E-state index contributed by atoms with van der Waals surface area (Å²) in [7, 11) is 0. The van der Waals surface area contributed by atoms with E-state index in [9.17, 15) is 4.39 Å². The van der Waals surface area contributed by atoms with E-state index in [4.69, 9.17) is 17.3 Å². The molecule has 0 aliphatic carbocycles. The maximum atomic E-state index is 13.1. The summed E-state index contributed by atoms with van der Waals surface area (Å²) >= 11 is 5.78. The molecule has 0 aliphatic heterocycles. The average Bonchev–Trinajstić information content (AvgIpc) is 2.23. The van der Waals surface area contributed by atoms with Gasteiger partial charge in [-0.25, -0.2) is 4.39 Å². The maximum Gasteiger partial charge on any atom is 0.125 e. The first-order valence-electron chi connectivity index (χ1n) is 4.96. The SMILES string of the molecule is CC#CCNC(CN)c1cc(F)cc(Cl)c1. The van der Waals surface area contributed by atoms with Crippen molar-refractivity contribution in [1.29, 1.82) is 0 Å². The second-order valence-corrected chi connectivity index (χ2v) is 3.74. The molecule has 0 saturated carbocycles. The van der Waals surface area contributed by atoms with Crippen LogP contribution in [0.15, 0.2) is 18.2 Å². The fraction of sp³-hybridized carbons (Fsp3) is 0.333. The summed E-state index contributed by atoms with van der Waals surface area (Å²) in [5, 5.41) is 3.49. The van der Waals surface area contributed by atoms with Crippen molar-refractivity contribution < 1.29 is 4.39 Å². The van der Waals surface area contributed by atoms with E-state index in [1.54, 1.807) is 13.0 Å². The Morgan fingerprint density at radius 3 is 2.81 bits per heavy atom. The molecule has 1 aromatic rings. The third-order valence-electron chi connectivity index (χ3n) is 2.14. The molecule has 4 heteroatoms. The molecule has 2 nitrogen and oxygen atoms in total. The lowest BCUT2D eigenvalue weighted by Crippen LogP contribution is -2.28. The van der Waals surface area contributed by atoms with Crippen LogP contribution in [0, 0.1) is 17.7 Å². The number of nitrogens with two attached hydrogens (primary N) is 1. The fourth-order valence-corrected chi connectivity index (χ4v) is 1.61. The van der Waals surface area contributed by atoms with Crippen LogP contribution in [0.1, 0.15) is 18.5 Å². The van der Waals surface area contributed by atoms with Crippen LogP contribution in [0.2, 0.25) is 5.02 Å². The number of nitrogens with one attached hydrogen (secondary N) is 1. The van der Waals surface area contributed by atoms with Crippen LogP contribution in [-0.2, 0) is 0 Å². The van der Waals surface area contributed by atoms with Gasteiger partial charge in [-0.3, -0.25) is 5.32 Å². The zero-order chi connectivity index (χ0) is 12.0. The van der Waals surface area contributed by atoms with Crippen molar-refractivity contribution in [3.8, 4) is 11.8 Å². The Morgan fingerprint density at radius 1 is 1.50 bits per heavy atom. The van der Waals surface area contributed by atoms with Crippen molar-refractivity contribution in [2.75, 3.05) is 13.1 Å². The lowest BCUT2D eigenvalue weighted by molar-refractivity contribution is 0.570. The van der Waals surface area contributed by atoms with Gasteiger partial charge in [0.2, 0.25) is 0 Å². The molecular formula is C12H14ClFN2. The predicted molar refractivity (Wildman–Crippen MR) is 64.7 cm³/mol. The van der Waals surface area contributed by atoms with Gasteiger partial charge in [0, 0.05) is 17.6 Å². The van der Waals surface area contributed by atoms with E-state index in [0.29, 0.717) is 18.1 Å². The monoisotopic (exact) mass is 240 g/mol. The van der Waals surface area contributed by atoms with E-state index < -0.39 is 0 Å². The summed E-state index contributed by atoms with van der Waals surface area (Å²) in [6, 6.07) is 4.27. The van der Waals surface area contributed by atoms with Crippen LogP contribution >= 0.6 is 11.6 Å². The topological polar surface area (TPSA) is 38.0 Å². The van der Waals surface area contributed by atoms with E-state index in [0.717, 1.165) is 5.56 Å². The first kappa shape index (κ1) is 13.0. The van der Waals surface area contributed by atoms with Crippen molar-refractivity contribution in [2.45, 2.75) is 13.0 Å². The number of hydrogen-bond donors (Lipinski definition) is 2. The molecule has 0 aromatic heterocycles. The van der Waals surface area contributed by atoms with Crippen LogP contribution in [0.4, 0.5) is 4.39 Å². The highest BCUT2D eigenvalue weighted by Crippen LogP contribution is 2.19. The molecule has 0 fully saturated rings. The van der Waals surface area contributed by atoms with Crippen LogP contribution in [-0.4, -0.2) is 13.1 Å². The largest absolute Gasteiger partial charge is 0.329 e. The van der Waals surface area contributed by atoms with E-state index in [1.165, 1.54) is 12.1 Å². The third kappa shape index (κ3) is 3.82. The van der Waals surface area contributed by atoms with E-state index in [2.05, 4.69) is 17.2 Å². The number of halogens is 2. The van der Waals surface area contributed by atoms with Crippen molar-refractivity contribution in [1.82, 2.24) is 5.32 Å². The van der Waals surface area contributed by atoms with Gasteiger partial charge in [0.25, 0.3) is 0 Å². The van der Waals surface area contributed by atoms with E-state index in [-0.39, 0.29) is 11.9 Å². The van der Waals surface area contributed by atoms with E-state index >= 15 is 0 Å². The molecule has 0 aliphatic rings. The normalized spacial score (nSPS) is 11.8. The molecule has 1 aromatic carbocycles. The molecule has 0 amide bonds. The van der Waals surface area contributed by atoms with Crippen molar-refractivity contribution in [2.24, 2.45) is 5.73 Å². The molecule has 3 N–H and O–H groups in total. The summed E-state index contributed by atoms with van der Waals surface area (Å²) in [5.74, 6) is 5.28. The van der Waals surface area contributed by atoms with Crippen LogP contribution in [0.25, 0.3) is 0 Å². The first-order chi connectivity index (χ1) is 7.67. The Kier molecular flexibility index (Phi) is 5.27. The van der Waals surface area contributed by atoms with Crippen LogP contribution in [0.5, 0.6) is 0 Å². The van der Waals surface area contributed by atoms with Gasteiger partial charge >= 0.3 is 0 Å². The van der Waals surface area contributed by atoms with Crippen molar-refractivity contribution in [3.05, 3.63) is 34.6 Å². The van der Waals surface area contributed by atoms with Gasteiger partial charge in [-0.1, -0.05) is 17.5 Å². The zero-order valence-corrected chi connectivity index (χ0v) is 9.81. The minimum Gasteiger partial charge on any atom is -0.329 e. The molecule has 1 atom stereocenters. The molecular weight excluding hydrogens is 227 g/mol. The number of hydrogen-bond acceptors (Lipinski definition) is 2.